The molecule has 2 rings (SSSR count). The SMILES string of the molecule is C/C1=C/Cc2ccccc2NCC1. The van der Waals surface area contributed by atoms with E-state index in [0.29, 0.717) is 0 Å². The molecular weight excluding hydrogens is 158 g/mol. The van der Waals surface area contributed by atoms with Crippen LogP contribution in [0.25, 0.3) is 0 Å². The van der Waals surface area contributed by atoms with Crippen LogP contribution in [0.15, 0.2) is 35.9 Å². The van der Waals surface area contributed by atoms with Crippen LogP contribution in [-0.2, 0) is 6.42 Å². The molecule has 0 spiro atoms. The van der Waals surface area contributed by atoms with E-state index in [4.69, 9.17) is 0 Å². The van der Waals surface area contributed by atoms with Crippen LogP contribution in [0.2, 0.25) is 0 Å². The second kappa shape index (κ2) is 3.65. The van der Waals surface area contributed by atoms with E-state index in [0.717, 1.165) is 19.4 Å². The number of para-hydroxylation sites is 1. The van der Waals surface area contributed by atoms with Crippen LogP contribution in [0, 0.1) is 0 Å². The standard InChI is InChI=1S/C12H15N/c1-10-6-7-11-4-2-3-5-12(11)13-9-8-10/h2-6,13H,7-9H2,1H3/b10-6-. The van der Waals surface area contributed by atoms with Gasteiger partial charge < -0.3 is 5.32 Å². The van der Waals surface area contributed by atoms with Crippen molar-refractivity contribution in [2.45, 2.75) is 19.8 Å². The Hall–Kier alpha value is -1.24. The summed E-state index contributed by atoms with van der Waals surface area (Å²) >= 11 is 0. The fourth-order valence-corrected chi connectivity index (χ4v) is 1.65. The number of hydrogen-bond donors (Lipinski definition) is 1. The Balaban J connectivity index is 2.31. The van der Waals surface area contributed by atoms with Crippen molar-refractivity contribution >= 4 is 5.69 Å². The number of fused-ring (bicyclic) bond motifs is 1. The third kappa shape index (κ3) is 1.92. The zero-order valence-electron chi connectivity index (χ0n) is 8.01. The van der Waals surface area contributed by atoms with Crippen LogP contribution in [-0.4, -0.2) is 6.54 Å². The monoisotopic (exact) mass is 173 g/mol. The van der Waals surface area contributed by atoms with Crippen molar-refractivity contribution < 1.29 is 0 Å². The van der Waals surface area contributed by atoms with Crippen molar-refractivity contribution in [3.05, 3.63) is 41.5 Å². The summed E-state index contributed by atoms with van der Waals surface area (Å²) < 4.78 is 0. The molecule has 0 radical (unpaired) electrons. The third-order valence-corrected chi connectivity index (χ3v) is 2.52. The van der Waals surface area contributed by atoms with Crippen molar-refractivity contribution in [1.82, 2.24) is 0 Å². The van der Waals surface area contributed by atoms with E-state index < -0.39 is 0 Å². The summed E-state index contributed by atoms with van der Waals surface area (Å²) in [6.07, 6.45) is 4.56. The molecule has 1 heterocycles. The molecule has 1 aromatic carbocycles. The fourth-order valence-electron chi connectivity index (χ4n) is 1.65. The summed E-state index contributed by atoms with van der Waals surface area (Å²) in [4.78, 5) is 0. The molecule has 1 N–H and O–H groups in total. The highest BCUT2D eigenvalue weighted by Crippen LogP contribution is 2.19. The Morgan fingerprint density at radius 1 is 1.23 bits per heavy atom. The van der Waals surface area contributed by atoms with Gasteiger partial charge >= 0.3 is 0 Å². The number of nitrogens with one attached hydrogen (secondary N) is 1. The lowest BCUT2D eigenvalue weighted by Crippen LogP contribution is -2.06. The van der Waals surface area contributed by atoms with Gasteiger partial charge in [-0.2, -0.15) is 0 Å². The molecule has 1 heteroatoms. The fraction of sp³-hybridized carbons (Fsp3) is 0.333. The lowest BCUT2D eigenvalue weighted by Gasteiger charge is -2.14. The van der Waals surface area contributed by atoms with E-state index in [9.17, 15) is 0 Å². The van der Waals surface area contributed by atoms with Crippen molar-refractivity contribution in [3.63, 3.8) is 0 Å². The zero-order chi connectivity index (χ0) is 9.10. The molecule has 0 saturated carbocycles. The average Bonchev–Trinajstić information content (AvgIpc) is 2.13. The Labute approximate surface area is 79.5 Å². The molecule has 0 atom stereocenters. The largest absolute Gasteiger partial charge is 0.384 e. The van der Waals surface area contributed by atoms with Crippen LogP contribution in [0.3, 0.4) is 0 Å². The highest BCUT2D eigenvalue weighted by Gasteiger charge is 2.02. The summed E-state index contributed by atoms with van der Waals surface area (Å²) in [5, 5.41) is 3.45. The molecule has 0 fully saturated rings. The van der Waals surface area contributed by atoms with Crippen molar-refractivity contribution in [3.8, 4) is 0 Å². The van der Waals surface area contributed by atoms with Gasteiger partial charge in [0.05, 0.1) is 0 Å². The topological polar surface area (TPSA) is 12.0 Å². The first-order valence-electron chi connectivity index (χ1n) is 4.83. The maximum atomic E-state index is 3.45. The second-order valence-corrected chi connectivity index (χ2v) is 3.59. The first-order valence-corrected chi connectivity index (χ1v) is 4.83. The maximum absolute atomic E-state index is 3.45. The van der Waals surface area contributed by atoms with E-state index >= 15 is 0 Å². The van der Waals surface area contributed by atoms with Crippen molar-refractivity contribution in [1.29, 1.82) is 0 Å². The van der Waals surface area contributed by atoms with E-state index in [1.54, 1.807) is 0 Å². The first kappa shape index (κ1) is 8.36. The van der Waals surface area contributed by atoms with Gasteiger partial charge in [0, 0.05) is 12.2 Å². The second-order valence-electron chi connectivity index (χ2n) is 3.59. The summed E-state index contributed by atoms with van der Waals surface area (Å²) in [6.45, 7) is 3.26. The minimum atomic E-state index is 1.05. The molecule has 1 aromatic rings. The highest BCUT2D eigenvalue weighted by molar-refractivity contribution is 5.52. The average molecular weight is 173 g/mol. The molecule has 0 aromatic heterocycles. The number of allylic oxidation sites excluding steroid dienone is 1. The van der Waals surface area contributed by atoms with Gasteiger partial charge in [0.25, 0.3) is 0 Å². The quantitative estimate of drug-likeness (QED) is 0.595. The molecule has 1 nitrogen and oxygen atoms in total. The number of rotatable bonds is 0. The van der Waals surface area contributed by atoms with E-state index in [1.807, 2.05) is 0 Å². The summed E-state index contributed by atoms with van der Waals surface area (Å²) in [6, 6.07) is 8.54. The number of benzene rings is 1. The van der Waals surface area contributed by atoms with Crippen molar-refractivity contribution in [2.24, 2.45) is 0 Å². The van der Waals surface area contributed by atoms with Crippen LogP contribution >= 0.6 is 0 Å². The van der Waals surface area contributed by atoms with Crippen LogP contribution in [0.5, 0.6) is 0 Å². The molecule has 13 heavy (non-hydrogen) atoms. The zero-order valence-corrected chi connectivity index (χ0v) is 8.01. The first-order chi connectivity index (χ1) is 6.36. The van der Waals surface area contributed by atoms with Gasteiger partial charge in [-0.05, 0) is 31.4 Å². The van der Waals surface area contributed by atoms with Gasteiger partial charge in [-0.1, -0.05) is 29.8 Å². The lowest BCUT2D eigenvalue weighted by atomic mass is 10.0. The van der Waals surface area contributed by atoms with Gasteiger partial charge in [-0.3, -0.25) is 0 Å². The molecule has 0 bridgehead atoms. The molecular formula is C12H15N. The van der Waals surface area contributed by atoms with Gasteiger partial charge in [-0.15, -0.1) is 0 Å². The Morgan fingerprint density at radius 2 is 2.08 bits per heavy atom. The molecule has 0 aliphatic carbocycles. The minimum absolute atomic E-state index is 1.05. The molecule has 0 saturated heterocycles. The van der Waals surface area contributed by atoms with Gasteiger partial charge in [0.2, 0.25) is 0 Å². The molecule has 68 valence electrons. The van der Waals surface area contributed by atoms with Crippen LogP contribution in [0.1, 0.15) is 18.9 Å². The summed E-state index contributed by atoms with van der Waals surface area (Å²) in [5.74, 6) is 0. The van der Waals surface area contributed by atoms with E-state index in [1.165, 1.54) is 16.8 Å². The Morgan fingerprint density at radius 3 is 3.00 bits per heavy atom. The molecule has 0 unspecified atom stereocenters. The van der Waals surface area contributed by atoms with E-state index in [2.05, 4.69) is 42.6 Å². The predicted molar refractivity (Wildman–Crippen MR) is 57.0 cm³/mol. The van der Waals surface area contributed by atoms with Gasteiger partial charge in [0.1, 0.15) is 0 Å². The normalized spacial score (nSPS) is 20.2. The lowest BCUT2D eigenvalue weighted by molar-refractivity contribution is 0.964. The minimum Gasteiger partial charge on any atom is -0.384 e. The summed E-state index contributed by atoms with van der Waals surface area (Å²) in [5.41, 5.74) is 4.19. The molecule has 1 aliphatic heterocycles. The summed E-state index contributed by atoms with van der Waals surface area (Å²) in [7, 11) is 0. The van der Waals surface area contributed by atoms with Crippen LogP contribution < -0.4 is 5.32 Å². The highest BCUT2D eigenvalue weighted by atomic mass is 14.9. The number of hydrogen-bond acceptors (Lipinski definition) is 1. The maximum Gasteiger partial charge on any atom is 0.0375 e. The van der Waals surface area contributed by atoms with Crippen molar-refractivity contribution in [2.75, 3.05) is 11.9 Å². The molecule has 0 amide bonds. The Bertz CT molecular complexity index is 326. The smallest absolute Gasteiger partial charge is 0.0375 e. The van der Waals surface area contributed by atoms with Crippen LogP contribution in [0.4, 0.5) is 5.69 Å². The van der Waals surface area contributed by atoms with Gasteiger partial charge in [0.15, 0.2) is 0 Å². The predicted octanol–water partition coefficient (Wildman–Crippen LogP) is 2.99. The Kier molecular flexibility index (Phi) is 2.35. The van der Waals surface area contributed by atoms with Gasteiger partial charge in [-0.25, -0.2) is 0 Å². The van der Waals surface area contributed by atoms with E-state index in [-0.39, 0.29) is 0 Å². The third-order valence-electron chi connectivity index (χ3n) is 2.52. The molecule has 1 aliphatic rings. The number of anilines is 1.